The molecule has 0 heterocycles. The summed E-state index contributed by atoms with van der Waals surface area (Å²) in [7, 11) is -1.78. The third kappa shape index (κ3) is 5.09. The Morgan fingerprint density at radius 1 is 0.561 bits per heavy atom. The van der Waals surface area contributed by atoms with Gasteiger partial charge in [0.25, 0.3) is 0 Å². The Labute approximate surface area is 246 Å². The van der Waals surface area contributed by atoms with Gasteiger partial charge in [0, 0.05) is 24.0 Å². The maximum Gasteiger partial charge on any atom is 0.415 e. The molecule has 0 radical (unpaired) electrons. The molecule has 6 rings (SSSR count). The van der Waals surface area contributed by atoms with Gasteiger partial charge >= 0.3 is 7.80 Å². The summed E-state index contributed by atoms with van der Waals surface area (Å²) in [4.78, 5) is 0. The van der Waals surface area contributed by atoms with Crippen molar-refractivity contribution in [1.29, 1.82) is 0 Å². The summed E-state index contributed by atoms with van der Waals surface area (Å²) >= 11 is 0. The smallest absolute Gasteiger partial charge is 0.0619 e. The van der Waals surface area contributed by atoms with E-state index in [2.05, 4.69) is 126 Å². The highest BCUT2D eigenvalue weighted by Gasteiger charge is 2.34. The molecule has 0 N–H and O–H groups in total. The van der Waals surface area contributed by atoms with E-state index >= 15 is 0 Å². The van der Waals surface area contributed by atoms with Crippen LogP contribution in [0.1, 0.15) is 66.8 Å². The summed E-state index contributed by atoms with van der Waals surface area (Å²) in [5, 5.41) is 1.95. The van der Waals surface area contributed by atoms with Gasteiger partial charge in [-0.2, -0.15) is 0 Å². The standard InChI is InChI=1S/C39H38OP/c1-24-17-26(3)34(27(4)18-24)21-31-12-9-15-38(36(31)23-35-28(5)19-25(2)20-29(35)6)41(40)39-16-10-14-33-32-13-8-7-11-30(32)22-37(33)39/h7-20H,21-23H2,1-6H3/q+1. The van der Waals surface area contributed by atoms with Gasteiger partial charge in [-0.3, -0.25) is 0 Å². The zero-order chi connectivity index (χ0) is 28.8. The molecule has 204 valence electrons. The summed E-state index contributed by atoms with van der Waals surface area (Å²) in [6.45, 7) is 13.2. The van der Waals surface area contributed by atoms with E-state index in [1.807, 2.05) is 0 Å². The van der Waals surface area contributed by atoms with E-state index < -0.39 is 7.80 Å². The first-order valence-electron chi connectivity index (χ1n) is 14.6. The van der Waals surface area contributed by atoms with Crippen molar-refractivity contribution in [3.05, 3.63) is 152 Å². The largest absolute Gasteiger partial charge is 0.415 e. The maximum absolute atomic E-state index is 14.7. The second-order valence-electron chi connectivity index (χ2n) is 12.0. The highest BCUT2D eigenvalue weighted by Crippen LogP contribution is 2.39. The van der Waals surface area contributed by atoms with E-state index in [0.29, 0.717) is 0 Å². The van der Waals surface area contributed by atoms with E-state index in [9.17, 15) is 4.57 Å². The van der Waals surface area contributed by atoms with Crippen molar-refractivity contribution < 1.29 is 4.57 Å². The molecule has 0 aliphatic heterocycles. The van der Waals surface area contributed by atoms with Crippen LogP contribution in [0.2, 0.25) is 0 Å². The molecular formula is C39H38OP+. The van der Waals surface area contributed by atoms with Crippen molar-refractivity contribution >= 4 is 18.4 Å². The molecule has 0 spiro atoms. The molecule has 0 fully saturated rings. The van der Waals surface area contributed by atoms with Gasteiger partial charge in [0.15, 0.2) is 10.6 Å². The van der Waals surface area contributed by atoms with Crippen LogP contribution in [-0.2, 0) is 23.8 Å². The molecule has 1 unspecified atom stereocenters. The lowest BCUT2D eigenvalue weighted by Crippen LogP contribution is -2.18. The van der Waals surface area contributed by atoms with Crippen LogP contribution in [0, 0.1) is 41.5 Å². The number of hydrogen-bond donors (Lipinski definition) is 0. The Balaban J connectivity index is 1.50. The minimum Gasteiger partial charge on any atom is -0.0619 e. The van der Waals surface area contributed by atoms with Gasteiger partial charge in [-0.1, -0.05) is 88.5 Å². The van der Waals surface area contributed by atoms with Crippen LogP contribution in [0.25, 0.3) is 11.1 Å². The van der Waals surface area contributed by atoms with E-state index in [4.69, 9.17) is 0 Å². The monoisotopic (exact) mass is 553 g/mol. The molecule has 41 heavy (non-hydrogen) atoms. The first-order valence-corrected chi connectivity index (χ1v) is 15.9. The molecule has 1 nitrogen and oxygen atoms in total. The third-order valence-corrected chi connectivity index (χ3v) is 10.6. The van der Waals surface area contributed by atoms with Gasteiger partial charge in [0.2, 0.25) is 0 Å². The summed E-state index contributed by atoms with van der Waals surface area (Å²) in [6.07, 6.45) is 2.46. The van der Waals surface area contributed by atoms with Crippen LogP contribution in [0.4, 0.5) is 0 Å². The lowest BCUT2D eigenvalue weighted by molar-refractivity contribution is 0.598. The predicted molar refractivity (Wildman–Crippen MR) is 175 cm³/mol. The van der Waals surface area contributed by atoms with E-state index in [-0.39, 0.29) is 0 Å². The predicted octanol–water partition coefficient (Wildman–Crippen LogP) is 9.07. The SMILES string of the molecule is Cc1cc(C)c(Cc2cccc([P+](=O)c3cccc4c3Cc3ccccc3-4)c2Cc2c(C)cc(C)cc2C)c(C)c1. The van der Waals surface area contributed by atoms with Crippen LogP contribution in [0.3, 0.4) is 0 Å². The Morgan fingerprint density at radius 3 is 1.76 bits per heavy atom. The van der Waals surface area contributed by atoms with Crippen LogP contribution in [0.5, 0.6) is 0 Å². The number of aryl methyl sites for hydroxylation is 6. The molecule has 1 aliphatic rings. The topological polar surface area (TPSA) is 17.1 Å². The molecule has 0 saturated carbocycles. The van der Waals surface area contributed by atoms with Crippen molar-refractivity contribution in [2.75, 3.05) is 0 Å². The average molecular weight is 554 g/mol. The highest BCUT2D eigenvalue weighted by atomic mass is 31.1. The molecule has 5 aromatic rings. The lowest BCUT2D eigenvalue weighted by Gasteiger charge is -2.17. The van der Waals surface area contributed by atoms with Crippen LogP contribution < -0.4 is 10.6 Å². The molecule has 0 aromatic heterocycles. The molecule has 5 aromatic carbocycles. The lowest BCUT2D eigenvalue weighted by atomic mass is 9.88. The van der Waals surface area contributed by atoms with Gasteiger partial charge < -0.3 is 0 Å². The second kappa shape index (κ2) is 10.9. The van der Waals surface area contributed by atoms with Crippen LogP contribution in [-0.4, -0.2) is 0 Å². The number of fused-ring (bicyclic) bond motifs is 3. The van der Waals surface area contributed by atoms with Crippen molar-refractivity contribution in [3.63, 3.8) is 0 Å². The fourth-order valence-corrected chi connectivity index (χ4v) is 8.60. The Kier molecular flexibility index (Phi) is 7.27. The molecule has 2 heteroatoms. The summed E-state index contributed by atoms with van der Waals surface area (Å²) in [5.74, 6) is 0. The van der Waals surface area contributed by atoms with Crippen molar-refractivity contribution in [2.45, 2.75) is 60.8 Å². The van der Waals surface area contributed by atoms with Crippen molar-refractivity contribution in [2.24, 2.45) is 0 Å². The Hall–Kier alpha value is -3.80. The van der Waals surface area contributed by atoms with E-state index in [1.54, 1.807) is 0 Å². The minimum atomic E-state index is -1.78. The molecule has 0 bridgehead atoms. The number of benzene rings is 5. The molecular weight excluding hydrogens is 515 g/mol. The number of rotatable bonds is 6. The van der Waals surface area contributed by atoms with Crippen LogP contribution >= 0.6 is 7.80 Å². The average Bonchev–Trinajstić information content (AvgIpc) is 3.31. The van der Waals surface area contributed by atoms with E-state index in [1.165, 1.54) is 77.9 Å². The quantitative estimate of drug-likeness (QED) is 0.188. The summed E-state index contributed by atoms with van der Waals surface area (Å²) < 4.78 is 14.7. The molecule has 0 amide bonds. The maximum atomic E-state index is 14.7. The summed E-state index contributed by atoms with van der Waals surface area (Å²) in [5.41, 5.74) is 18.1. The van der Waals surface area contributed by atoms with Gasteiger partial charge in [-0.15, -0.1) is 0 Å². The molecule has 1 atom stereocenters. The zero-order valence-corrected chi connectivity index (χ0v) is 26.0. The van der Waals surface area contributed by atoms with Gasteiger partial charge in [0.1, 0.15) is 0 Å². The van der Waals surface area contributed by atoms with Crippen molar-refractivity contribution in [3.8, 4) is 11.1 Å². The van der Waals surface area contributed by atoms with Gasteiger partial charge in [0.05, 0.1) is 0 Å². The number of hydrogen-bond acceptors (Lipinski definition) is 1. The minimum absolute atomic E-state index is 0.781. The summed E-state index contributed by atoms with van der Waals surface area (Å²) in [6, 6.07) is 30.6. The fraction of sp³-hybridized carbons (Fsp3) is 0.231. The molecule has 0 saturated heterocycles. The van der Waals surface area contributed by atoms with Crippen LogP contribution in [0.15, 0.2) is 84.9 Å². The van der Waals surface area contributed by atoms with Gasteiger partial charge in [-0.05, 0) is 116 Å². The highest BCUT2D eigenvalue weighted by molar-refractivity contribution is 7.61. The molecule has 1 aliphatic carbocycles. The van der Waals surface area contributed by atoms with Gasteiger partial charge in [-0.25, -0.2) is 0 Å². The Morgan fingerprint density at radius 2 is 1.10 bits per heavy atom. The zero-order valence-electron chi connectivity index (χ0n) is 25.1. The van der Waals surface area contributed by atoms with Crippen molar-refractivity contribution in [1.82, 2.24) is 0 Å². The first kappa shape index (κ1) is 27.4. The van der Waals surface area contributed by atoms with E-state index in [0.717, 1.165) is 29.9 Å². The first-order chi connectivity index (χ1) is 19.7. The Bertz CT molecular complexity index is 1800. The second-order valence-corrected chi connectivity index (χ2v) is 13.5. The normalized spacial score (nSPS) is 12.3. The third-order valence-electron chi connectivity index (χ3n) is 8.91. The fourth-order valence-electron chi connectivity index (χ4n) is 6.99.